The molecule has 0 radical (unpaired) electrons. The number of ether oxygens (including phenoxy) is 1. The number of benzene rings is 3. The summed E-state index contributed by atoms with van der Waals surface area (Å²) in [7, 11) is -3.75. The van der Waals surface area contributed by atoms with Gasteiger partial charge in [-0.05, 0) is 90.2 Å². The molecule has 0 atom stereocenters. The Morgan fingerprint density at radius 2 is 1.44 bits per heavy atom. The molecule has 0 bridgehead atoms. The highest BCUT2D eigenvalue weighted by Gasteiger charge is 2.15. The van der Waals surface area contributed by atoms with Crippen molar-refractivity contribution in [1.29, 1.82) is 0 Å². The van der Waals surface area contributed by atoms with Crippen LogP contribution in [0.2, 0.25) is 0 Å². The molecule has 3 rings (SSSR count). The van der Waals surface area contributed by atoms with Gasteiger partial charge in [-0.2, -0.15) is 0 Å². The van der Waals surface area contributed by atoms with Crippen LogP contribution in [-0.4, -0.2) is 20.3 Å². The molecule has 2 N–H and O–H groups in total. The molecule has 0 heterocycles. The van der Waals surface area contributed by atoms with E-state index in [9.17, 15) is 18.0 Å². The monoisotopic (exact) mass is 564 g/mol. The lowest BCUT2D eigenvalue weighted by atomic mass is 10.2. The Morgan fingerprint density at radius 3 is 2.06 bits per heavy atom. The fourth-order valence-corrected chi connectivity index (χ4v) is 4.10. The summed E-state index contributed by atoms with van der Waals surface area (Å²) in [4.78, 5) is 24.1. The first-order chi connectivity index (χ1) is 15.2. The Kier molecular flexibility index (Phi) is 7.86. The molecule has 3 aromatic rings. The molecule has 0 aliphatic rings. The highest BCUT2D eigenvalue weighted by molar-refractivity contribution is 14.1. The summed E-state index contributed by atoms with van der Waals surface area (Å²) in [6.07, 6.45) is -0.134. The van der Waals surface area contributed by atoms with Crippen molar-refractivity contribution in [3.8, 4) is 5.75 Å². The number of nitrogens with one attached hydrogen (secondary N) is 2. The van der Waals surface area contributed by atoms with E-state index in [1.165, 1.54) is 24.3 Å². The number of amides is 1. The Balaban J connectivity index is 1.51. The molecule has 0 fully saturated rings. The molecule has 0 aliphatic carbocycles. The Labute approximate surface area is 200 Å². The van der Waals surface area contributed by atoms with Crippen LogP contribution < -0.4 is 14.8 Å². The summed E-state index contributed by atoms with van der Waals surface area (Å²) in [6, 6.07) is 19.8. The fraction of sp³-hybridized carbons (Fsp3) is 0.130. The largest absolute Gasteiger partial charge is 0.427 e. The van der Waals surface area contributed by atoms with Gasteiger partial charge in [0.05, 0.1) is 11.3 Å². The first kappa shape index (κ1) is 23.7. The second kappa shape index (κ2) is 10.6. The predicted octanol–water partition coefficient (Wildman–Crippen LogP) is 4.72. The molecule has 0 spiro atoms. The topological polar surface area (TPSA) is 102 Å². The molecule has 0 aromatic heterocycles. The number of sulfonamides is 1. The molecule has 9 heteroatoms. The van der Waals surface area contributed by atoms with Gasteiger partial charge in [0.15, 0.2) is 0 Å². The van der Waals surface area contributed by atoms with Gasteiger partial charge in [-0.1, -0.05) is 17.7 Å². The van der Waals surface area contributed by atoms with E-state index in [0.717, 1.165) is 9.13 Å². The number of carbonyl (C=O) groups is 2. The number of hydrogen-bond donors (Lipinski definition) is 2. The van der Waals surface area contributed by atoms with E-state index < -0.39 is 16.0 Å². The van der Waals surface area contributed by atoms with E-state index in [1.807, 2.05) is 19.1 Å². The van der Waals surface area contributed by atoms with E-state index in [4.69, 9.17) is 4.74 Å². The number of esters is 1. The maximum Gasteiger partial charge on any atom is 0.311 e. The molecule has 0 saturated heterocycles. The third-order valence-electron chi connectivity index (χ3n) is 4.35. The molecule has 7 nitrogen and oxygen atoms in total. The molecule has 0 saturated carbocycles. The quantitative estimate of drug-likeness (QED) is 0.234. The van der Waals surface area contributed by atoms with Crippen LogP contribution in [0.4, 0.5) is 11.4 Å². The average molecular weight is 564 g/mol. The van der Waals surface area contributed by atoms with Crippen molar-refractivity contribution in [1.82, 2.24) is 0 Å². The summed E-state index contributed by atoms with van der Waals surface area (Å²) in [6.45, 7) is 1.93. The van der Waals surface area contributed by atoms with Gasteiger partial charge in [-0.25, -0.2) is 8.42 Å². The van der Waals surface area contributed by atoms with Gasteiger partial charge in [0.25, 0.3) is 10.0 Å². The fourth-order valence-electron chi connectivity index (χ4n) is 2.68. The number of rotatable bonds is 8. The zero-order valence-corrected chi connectivity index (χ0v) is 20.1. The van der Waals surface area contributed by atoms with Crippen LogP contribution in [0.25, 0.3) is 0 Å². The Hall–Kier alpha value is -2.92. The van der Waals surface area contributed by atoms with Crippen molar-refractivity contribution in [3.05, 3.63) is 81.9 Å². The third kappa shape index (κ3) is 7.06. The van der Waals surface area contributed by atoms with Crippen molar-refractivity contribution < 1.29 is 22.7 Å². The lowest BCUT2D eigenvalue weighted by Gasteiger charge is -2.10. The first-order valence-corrected chi connectivity index (χ1v) is 12.2. The van der Waals surface area contributed by atoms with Crippen molar-refractivity contribution >= 4 is 55.9 Å². The van der Waals surface area contributed by atoms with Gasteiger partial charge in [-0.15, -0.1) is 0 Å². The molecular formula is C23H21IN2O5S. The molecule has 32 heavy (non-hydrogen) atoms. The summed E-state index contributed by atoms with van der Waals surface area (Å²) in [5.74, 6) is -0.456. The summed E-state index contributed by atoms with van der Waals surface area (Å²) in [5.41, 5.74) is 1.93. The van der Waals surface area contributed by atoms with Gasteiger partial charge >= 0.3 is 5.97 Å². The molecule has 0 unspecified atom stereocenters. The highest BCUT2D eigenvalue weighted by atomic mass is 127. The molecule has 0 aliphatic heterocycles. The molecule has 3 aromatic carbocycles. The van der Waals surface area contributed by atoms with Crippen LogP contribution in [0.5, 0.6) is 5.75 Å². The second-order valence-electron chi connectivity index (χ2n) is 6.97. The number of carbonyl (C=O) groups excluding carboxylic acids is 2. The van der Waals surface area contributed by atoms with Crippen molar-refractivity contribution in [2.75, 3.05) is 10.0 Å². The van der Waals surface area contributed by atoms with Gasteiger partial charge in [0, 0.05) is 21.4 Å². The number of aryl methyl sites for hydroxylation is 1. The van der Waals surface area contributed by atoms with Crippen molar-refractivity contribution in [2.45, 2.75) is 24.7 Å². The maximum absolute atomic E-state index is 12.5. The van der Waals surface area contributed by atoms with Crippen LogP contribution in [0.15, 0.2) is 77.7 Å². The van der Waals surface area contributed by atoms with Crippen molar-refractivity contribution in [3.63, 3.8) is 0 Å². The number of hydrogen-bond acceptors (Lipinski definition) is 5. The van der Waals surface area contributed by atoms with Crippen LogP contribution in [0, 0.1) is 10.5 Å². The van der Waals surface area contributed by atoms with E-state index in [1.54, 1.807) is 36.4 Å². The predicted molar refractivity (Wildman–Crippen MR) is 131 cm³/mol. The van der Waals surface area contributed by atoms with Crippen LogP contribution >= 0.6 is 22.6 Å². The minimum absolute atomic E-state index is 0.0564. The molecular weight excluding hydrogens is 543 g/mol. The number of anilines is 2. The molecule has 1 amide bonds. The highest BCUT2D eigenvalue weighted by Crippen LogP contribution is 2.19. The second-order valence-corrected chi connectivity index (χ2v) is 9.90. The normalized spacial score (nSPS) is 10.9. The first-order valence-electron chi connectivity index (χ1n) is 9.67. The Morgan fingerprint density at radius 1 is 0.844 bits per heavy atom. The zero-order valence-electron chi connectivity index (χ0n) is 17.2. The minimum Gasteiger partial charge on any atom is -0.427 e. The summed E-state index contributed by atoms with van der Waals surface area (Å²) < 4.78 is 33.7. The average Bonchev–Trinajstić information content (AvgIpc) is 2.76. The van der Waals surface area contributed by atoms with Crippen LogP contribution in [0.1, 0.15) is 18.4 Å². The minimum atomic E-state index is -3.75. The zero-order chi connectivity index (χ0) is 23.1. The standard InChI is InChI=1S/C23H21IN2O5S/c1-16-2-10-20(11-3-16)31-23(28)15-14-22(27)25-18-8-12-21(13-9-18)32(29,30)26-19-6-4-17(24)5-7-19/h2-13,26H,14-15H2,1H3,(H,25,27). The summed E-state index contributed by atoms with van der Waals surface area (Å²) in [5, 5.41) is 2.64. The van der Waals surface area contributed by atoms with Gasteiger partial charge in [-0.3, -0.25) is 14.3 Å². The smallest absolute Gasteiger partial charge is 0.311 e. The van der Waals surface area contributed by atoms with Gasteiger partial charge in [0.1, 0.15) is 5.75 Å². The number of halogens is 1. The van der Waals surface area contributed by atoms with Crippen molar-refractivity contribution in [2.24, 2.45) is 0 Å². The molecule has 166 valence electrons. The van der Waals surface area contributed by atoms with E-state index in [-0.39, 0.29) is 23.6 Å². The van der Waals surface area contributed by atoms with Crippen LogP contribution in [0.3, 0.4) is 0 Å². The van der Waals surface area contributed by atoms with Gasteiger partial charge < -0.3 is 10.1 Å². The van der Waals surface area contributed by atoms with Gasteiger partial charge in [0.2, 0.25) is 5.91 Å². The lowest BCUT2D eigenvalue weighted by Crippen LogP contribution is -2.16. The van der Waals surface area contributed by atoms with E-state index in [2.05, 4.69) is 32.6 Å². The maximum atomic E-state index is 12.5. The Bertz CT molecular complexity index is 1190. The third-order valence-corrected chi connectivity index (χ3v) is 6.47. The van der Waals surface area contributed by atoms with E-state index in [0.29, 0.717) is 17.1 Å². The summed E-state index contributed by atoms with van der Waals surface area (Å²) >= 11 is 2.14. The van der Waals surface area contributed by atoms with Crippen LogP contribution in [-0.2, 0) is 19.6 Å². The van der Waals surface area contributed by atoms with E-state index >= 15 is 0 Å². The lowest BCUT2D eigenvalue weighted by molar-refractivity contribution is -0.135. The SMILES string of the molecule is Cc1ccc(OC(=O)CCC(=O)Nc2ccc(S(=O)(=O)Nc3ccc(I)cc3)cc2)cc1.